The van der Waals surface area contributed by atoms with Gasteiger partial charge >= 0.3 is 0 Å². The highest BCUT2D eigenvalue weighted by Crippen LogP contribution is 2.30. The van der Waals surface area contributed by atoms with Gasteiger partial charge in [-0.3, -0.25) is 4.79 Å². The number of carbonyl (C=O) groups excluding carboxylic acids is 1. The summed E-state index contributed by atoms with van der Waals surface area (Å²) in [7, 11) is 1.68. The van der Waals surface area contributed by atoms with E-state index in [1.54, 1.807) is 7.11 Å². The number of hydrogen-bond donors (Lipinski definition) is 2. The normalized spacial score (nSPS) is 11.3. The number of nitrogens with one attached hydrogen (secondary N) is 1. The first kappa shape index (κ1) is 18.3. The van der Waals surface area contributed by atoms with Crippen LogP contribution in [0.1, 0.15) is 52.4 Å². The Bertz CT molecular complexity index is 277. The van der Waals surface area contributed by atoms with Crippen LogP contribution < -0.4 is 11.1 Å². The largest absolute Gasteiger partial charge is 0.392 e. The van der Waals surface area contributed by atoms with Gasteiger partial charge in [0, 0.05) is 20.3 Å². The smallest absolute Gasteiger partial charge is 0.233 e. The van der Waals surface area contributed by atoms with E-state index in [0.717, 1.165) is 45.1 Å². The standard InChI is InChI=1S/C14H28N2O2S/c1-4-8-14(9-5-2,12(15)19)13(17)16-10-6-7-11-18-3/h4-11H2,1-3H3,(H2,15,19)(H,16,17). The Balaban J connectivity index is 4.49. The summed E-state index contributed by atoms with van der Waals surface area (Å²) in [6.07, 6.45) is 5.09. The first-order chi connectivity index (χ1) is 9.05. The van der Waals surface area contributed by atoms with E-state index in [4.69, 9.17) is 22.7 Å². The van der Waals surface area contributed by atoms with Crippen LogP contribution in [-0.2, 0) is 9.53 Å². The van der Waals surface area contributed by atoms with Crippen LogP contribution in [0.25, 0.3) is 0 Å². The molecule has 0 aromatic heterocycles. The summed E-state index contributed by atoms with van der Waals surface area (Å²) in [6, 6.07) is 0. The summed E-state index contributed by atoms with van der Waals surface area (Å²) in [5.41, 5.74) is 5.18. The predicted molar refractivity (Wildman–Crippen MR) is 83.2 cm³/mol. The van der Waals surface area contributed by atoms with Gasteiger partial charge in [0.2, 0.25) is 5.91 Å². The molecule has 0 fully saturated rings. The number of amides is 1. The van der Waals surface area contributed by atoms with Crippen LogP contribution in [0.3, 0.4) is 0 Å². The Morgan fingerprint density at radius 2 is 1.84 bits per heavy atom. The van der Waals surface area contributed by atoms with Crippen LogP contribution in [0, 0.1) is 5.41 Å². The van der Waals surface area contributed by atoms with Gasteiger partial charge < -0.3 is 15.8 Å². The van der Waals surface area contributed by atoms with Crippen LogP contribution in [0.2, 0.25) is 0 Å². The number of unbranched alkanes of at least 4 members (excludes halogenated alkanes) is 1. The van der Waals surface area contributed by atoms with Crippen molar-refractivity contribution < 1.29 is 9.53 Å². The molecule has 0 unspecified atom stereocenters. The Kier molecular flexibility index (Phi) is 9.79. The van der Waals surface area contributed by atoms with Crippen molar-refractivity contribution in [1.82, 2.24) is 5.32 Å². The molecule has 4 nitrogen and oxygen atoms in total. The number of ether oxygens (including phenoxy) is 1. The third kappa shape index (κ3) is 5.87. The lowest BCUT2D eigenvalue weighted by atomic mass is 9.78. The van der Waals surface area contributed by atoms with Gasteiger partial charge in [-0.2, -0.15) is 0 Å². The Morgan fingerprint density at radius 1 is 1.26 bits per heavy atom. The van der Waals surface area contributed by atoms with Crippen LogP contribution in [0.15, 0.2) is 0 Å². The zero-order valence-corrected chi connectivity index (χ0v) is 13.3. The molecule has 0 radical (unpaired) electrons. The zero-order chi connectivity index (χ0) is 14.7. The van der Waals surface area contributed by atoms with Gasteiger partial charge in [-0.15, -0.1) is 0 Å². The fraction of sp³-hybridized carbons (Fsp3) is 0.857. The van der Waals surface area contributed by atoms with Gasteiger partial charge in [0.15, 0.2) is 0 Å². The molecular weight excluding hydrogens is 260 g/mol. The van der Waals surface area contributed by atoms with Gasteiger partial charge in [-0.05, 0) is 25.7 Å². The molecular formula is C14H28N2O2S. The van der Waals surface area contributed by atoms with Crippen molar-refractivity contribution in [3.63, 3.8) is 0 Å². The average Bonchev–Trinajstić information content (AvgIpc) is 2.37. The summed E-state index contributed by atoms with van der Waals surface area (Å²) < 4.78 is 4.98. The number of thiocarbonyl (C=S) groups is 1. The maximum Gasteiger partial charge on any atom is 0.233 e. The molecule has 0 aliphatic heterocycles. The molecule has 5 heteroatoms. The fourth-order valence-corrected chi connectivity index (χ4v) is 2.60. The van der Waals surface area contributed by atoms with Gasteiger partial charge in [0.1, 0.15) is 0 Å². The molecule has 0 aromatic rings. The van der Waals surface area contributed by atoms with E-state index in [0.29, 0.717) is 11.5 Å². The number of methoxy groups -OCH3 is 1. The molecule has 112 valence electrons. The van der Waals surface area contributed by atoms with E-state index in [9.17, 15) is 4.79 Å². The van der Waals surface area contributed by atoms with Gasteiger partial charge in [-0.25, -0.2) is 0 Å². The minimum atomic E-state index is -0.667. The number of rotatable bonds is 11. The molecule has 0 heterocycles. The molecule has 0 aliphatic rings. The van der Waals surface area contributed by atoms with Gasteiger partial charge in [0.05, 0.1) is 10.4 Å². The minimum Gasteiger partial charge on any atom is -0.392 e. The van der Waals surface area contributed by atoms with Crippen molar-refractivity contribution in [2.45, 2.75) is 52.4 Å². The number of hydrogen-bond acceptors (Lipinski definition) is 3. The fourth-order valence-electron chi connectivity index (χ4n) is 2.31. The first-order valence-electron chi connectivity index (χ1n) is 7.12. The van der Waals surface area contributed by atoms with Crippen molar-refractivity contribution >= 4 is 23.1 Å². The van der Waals surface area contributed by atoms with Crippen molar-refractivity contribution in [1.29, 1.82) is 0 Å². The third-order valence-corrected chi connectivity index (χ3v) is 3.71. The summed E-state index contributed by atoms with van der Waals surface area (Å²) in [6.45, 7) is 5.48. The van der Waals surface area contributed by atoms with E-state index in [2.05, 4.69) is 19.2 Å². The van der Waals surface area contributed by atoms with Crippen LogP contribution in [-0.4, -0.2) is 31.2 Å². The molecule has 0 aromatic carbocycles. The second kappa shape index (κ2) is 10.1. The van der Waals surface area contributed by atoms with Crippen molar-refractivity contribution in [2.24, 2.45) is 11.1 Å². The van der Waals surface area contributed by atoms with Crippen molar-refractivity contribution in [2.75, 3.05) is 20.3 Å². The molecule has 0 rings (SSSR count). The van der Waals surface area contributed by atoms with Crippen LogP contribution in [0.5, 0.6) is 0 Å². The molecule has 19 heavy (non-hydrogen) atoms. The Labute approximate surface area is 122 Å². The van der Waals surface area contributed by atoms with E-state index in [1.807, 2.05) is 0 Å². The highest BCUT2D eigenvalue weighted by Gasteiger charge is 2.39. The zero-order valence-electron chi connectivity index (χ0n) is 12.5. The lowest BCUT2D eigenvalue weighted by molar-refractivity contribution is -0.128. The SMILES string of the molecule is CCCC(CCC)(C(=O)NCCCCOC)C(N)=S. The molecule has 0 bridgehead atoms. The number of carbonyl (C=O) groups is 1. The molecule has 0 saturated carbocycles. The van der Waals surface area contributed by atoms with E-state index in [-0.39, 0.29) is 5.91 Å². The van der Waals surface area contributed by atoms with E-state index >= 15 is 0 Å². The van der Waals surface area contributed by atoms with Gasteiger partial charge in [-0.1, -0.05) is 38.9 Å². The molecule has 1 amide bonds. The second-order valence-electron chi connectivity index (χ2n) is 4.90. The number of nitrogens with two attached hydrogens (primary N) is 1. The summed E-state index contributed by atoms with van der Waals surface area (Å²) in [5.74, 6) is -0.0129. The van der Waals surface area contributed by atoms with Crippen molar-refractivity contribution in [3.8, 4) is 0 Å². The second-order valence-corrected chi connectivity index (χ2v) is 5.34. The summed E-state index contributed by atoms with van der Waals surface area (Å²) in [5, 5.41) is 2.97. The highest BCUT2D eigenvalue weighted by atomic mass is 32.1. The lowest BCUT2D eigenvalue weighted by Crippen LogP contribution is -2.49. The lowest BCUT2D eigenvalue weighted by Gasteiger charge is -2.31. The Hall–Kier alpha value is -0.680. The summed E-state index contributed by atoms with van der Waals surface area (Å²) >= 11 is 5.15. The average molecular weight is 288 g/mol. The first-order valence-corrected chi connectivity index (χ1v) is 7.53. The quantitative estimate of drug-likeness (QED) is 0.453. The van der Waals surface area contributed by atoms with Crippen LogP contribution in [0.4, 0.5) is 0 Å². The minimum absolute atomic E-state index is 0.0129. The molecule has 0 aliphatic carbocycles. The third-order valence-electron chi connectivity index (χ3n) is 3.32. The summed E-state index contributed by atoms with van der Waals surface area (Å²) in [4.78, 5) is 12.7. The van der Waals surface area contributed by atoms with E-state index < -0.39 is 5.41 Å². The predicted octanol–water partition coefficient (Wildman–Crippen LogP) is 2.40. The maximum atomic E-state index is 12.4. The monoisotopic (exact) mass is 288 g/mol. The van der Waals surface area contributed by atoms with Crippen LogP contribution >= 0.6 is 12.2 Å². The highest BCUT2D eigenvalue weighted by molar-refractivity contribution is 7.80. The molecule has 0 saturated heterocycles. The Morgan fingerprint density at radius 3 is 2.26 bits per heavy atom. The topological polar surface area (TPSA) is 64.3 Å². The van der Waals surface area contributed by atoms with Crippen molar-refractivity contribution in [3.05, 3.63) is 0 Å². The molecule has 3 N–H and O–H groups in total. The van der Waals surface area contributed by atoms with E-state index in [1.165, 1.54) is 0 Å². The van der Waals surface area contributed by atoms with Gasteiger partial charge in [0.25, 0.3) is 0 Å². The molecule has 0 atom stereocenters. The maximum absolute atomic E-state index is 12.4. The molecule has 0 spiro atoms.